The summed E-state index contributed by atoms with van der Waals surface area (Å²) in [4.78, 5) is 4.94. The molecule has 0 bridgehead atoms. The molecule has 0 N–H and O–H groups in total. The van der Waals surface area contributed by atoms with Crippen LogP contribution in [0.4, 0.5) is 0 Å². The first-order valence-corrected chi connectivity index (χ1v) is 9.70. The lowest BCUT2D eigenvalue weighted by Crippen LogP contribution is -2.06. The van der Waals surface area contributed by atoms with Crippen molar-refractivity contribution in [1.29, 1.82) is 0 Å². The van der Waals surface area contributed by atoms with Gasteiger partial charge in [-0.2, -0.15) is 0 Å². The zero-order valence-electron chi connectivity index (χ0n) is 16.3. The summed E-state index contributed by atoms with van der Waals surface area (Å²) < 4.78 is 14.0. The van der Waals surface area contributed by atoms with Crippen LogP contribution in [0.2, 0.25) is 0 Å². The van der Waals surface area contributed by atoms with Gasteiger partial charge in [0.05, 0.1) is 36.4 Å². The molecule has 0 amide bonds. The van der Waals surface area contributed by atoms with Gasteiger partial charge in [-0.15, -0.1) is 0 Å². The smallest absolute Gasteiger partial charge is 0.145 e. The van der Waals surface area contributed by atoms with Gasteiger partial charge >= 0.3 is 0 Å². The van der Waals surface area contributed by atoms with Gasteiger partial charge in [0.15, 0.2) is 0 Å². The highest BCUT2D eigenvalue weighted by Crippen LogP contribution is 2.33. The second kappa shape index (κ2) is 8.17. The summed E-state index contributed by atoms with van der Waals surface area (Å²) in [7, 11) is 0. The van der Waals surface area contributed by atoms with Crippen molar-refractivity contribution in [3.05, 3.63) is 78.4 Å². The van der Waals surface area contributed by atoms with Crippen molar-refractivity contribution in [2.45, 2.75) is 20.4 Å². The molecule has 0 unspecified atom stereocenters. The van der Waals surface area contributed by atoms with Crippen molar-refractivity contribution in [2.24, 2.45) is 0 Å². The Kier molecular flexibility index (Phi) is 5.29. The lowest BCUT2D eigenvalue weighted by molar-refractivity contribution is 0.336. The van der Waals surface area contributed by atoms with E-state index in [2.05, 4.69) is 22.8 Å². The van der Waals surface area contributed by atoms with Gasteiger partial charge in [-0.1, -0.05) is 42.5 Å². The third kappa shape index (κ3) is 3.46. The summed E-state index contributed by atoms with van der Waals surface area (Å²) in [6, 6.07) is 24.5. The normalized spacial score (nSPS) is 10.9. The molecule has 4 rings (SSSR count). The number of rotatable bonds is 7. The highest BCUT2D eigenvalue weighted by Gasteiger charge is 2.17. The minimum atomic E-state index is 0.615. The number of benzene rings is 3. The third-order valence-electron chi connectivity index (χ3n) is 4.68. The average Bonchev–Trinajstić information content (AvgIpc) is 3.09. The minimum absolute atomic E-state index is 0.615. The maximum atomic E-state index is 5.88. The van der Waals surface area contributed by atoms with E-state index >= 15 is 0 Å². The van der Waals surface area contributed by atoms with Crippen LogP contribution in [0.15, 0.2) is 72.8 Å². The molecule has 3 aromatic carbocycles. The van der Waals surface area contributed by atoms with E-state index in [4.69, 9.17) is 14.5 Å². The van der Waals surface area contributed by atoms with Crippen molar-refractivity contribution >= 4 is 11.0 Å². The van der Waals surface area contributed by atoms with Gasteiger partial charge < -0.3 is 14.0 Å². The van der Waals surface area contributed by atoms with Gasteiger partial charge in [0.1, 0.15) is 17.3 Å². The molecule has 4 aromatic rings. The van der Waals surface area contributed by atoms with Gasteiger partial charge in [0.25, 0.3) is 0 Å². The zero-order valence-corrected chi connectivity index (χ0v) is 16.3. The monoisotopic (exact) mass is 372 g/mol. The Morgan fingerprint density at radius 2 is 1.39 bits per heavy atom. The third-order valence-corrected chi connectivity index (χ3v) is 4.68. The SMILES string of the molecule is CCOc1ccccc1Cn1c(-c2ccccc2OCC)nc2ccccc21. The highest BCUT2D eigenvalue weighted by atomic mass is 16.5. The van der Waals surface area contributed by atoms with E-state index in [1.165, 1.54) is 0 Å². The Morgan fingerprint density at radius 3 is 2.21 bits per heavy atom. The molecule has 0 saturated heterocycles. The second-order valence-corrected chi connectivity index (χ2v) is 6.48. The number of fused-ring (bicyclic) bond motifs is 1. The van der Waals surface area contributed by atoms with Gasteiger partial charge in [0.2, 0.25) is 0 Å². The fraction of sp³-hybridized carbons (Fsp3) is 0.208. The van der Waals surface area contributed by atoms with Gasteiger partial charge in [0, 0.05) is 5.56 Å². The van der Waals surface area contributed by atoms with Crippen LogP contribution >= 0.6 is 0 Å². The van der Waals surface area contributed by atoms with Gasteiger partial charge in [-0.05, 0) is 44.2 Å². The lowest BCUT2D eigenvalue weighted by atomic mass is 10.1. The summed E-state index contributed by atoms with van der Waals surface area (Å²) in [6.07, 6.45) is 0. The number of ether oxygens (including phenoxy) is 2. The molecule has 142 valence electrons. The number of imidazole rings is 1. The van der Waals surface area contributed by atoms with E-state index < -0.39 is 0 Å². The van der Waals surface area contributed by atoms with Crippen molar-refractivity contribution in [3.63, 3.8) is 0 Å². The van der Waals surface area contributed by atoms with E-state index in [9.17, 15) is 0 Å². The molecule has 0 radical (unpaired) electrons. The molecule has 0 aliphatic rings. The summed E-state index contributed by atoms with van der Waals surface area (Å²) in [6.45, 7) is 5.93. The molecule has 4 heteroatoms. The number of hydrogen-bond acceptors (Lipinski definition) is 3. The molecular formula is C24H24N2O2. The number of nitrogens with zero attached hydrogens (tertiary/aromatic N) is 2. The molecule has 4 nitrogen and oxygen atoms in total. The Morgan fingerprint density at radius 1 is 0.750 bits per heavy atom. The molecule has 0 spiro atoms. The highest BCUT2D eigenvalue weighted by molar-refractivity contribution is 5.82. The molecule has 1 aromatic heterocycles. The van der Waals surface area contributed by atoms with Gasteiger partial charge in [-0.3, -0.25) is 0 Å². The first-order chi connectivity index (χ1) is 13.8. The zero-order chi connectivity index (χ0) is 19.3. The Balaban J connectivity index is 1.88. The maximum Gasteiger partial charge on any atom is 0.145 e. The summed E-state index contributed by atoms with van der Waals surface area (Å²) in [5.74, 6) is 2.66. The van der Waals surface area contributed by atoms with Crippen LogP contribution in [-0.2, 0) is 6.54 Å². The van der Waals surface area contributed by atoms with Crippen LogP contribution in [0.5, 0.6) is 11.5 Å². The summed E-state index contributed by atoms with van der Waals surface area (Å²) in [5.41, 5.74) is 4.19. The van der Waals surface area contributed by atoms with Crippen molar-refractivity contribution < 1.29 is 9.47 Å². The van der Waals surface area contributed by atoms with Crippen LogP contribution in [0, 0.1) is 0 Å². The van der Waals surface area contributed by atoms with Crippen LogP contribution in [-0.4, -0.2) is 22.8 Å². The Bertz CT molecular complexity index is 1080. The van der Waals surface area contributed by atoms with E-state index in [1.54, 1.807) is 0 Å². The number of aromatic nitrogens is 2. The lowest BCUT2D eigenvalue weighted by Gasteiger charge is -2.15. The standard InChI is InChI=1S/C24H24N2O2/c1-3-27-22-15-9-5-11-18(22)17-26-21-14-8-7-13-20(21)25-24(26)19-12-6-10-16-23(19)28-4-2/h5-16H,3-4,17H2,1-2H3. The van der Waals surface area contributed by atoms with Crippen molar-refractivity contribution in [1.82, 2.24) is 9.55 Å². The van der Waals surface area contributed by atoms with E-state index in [0.29, 0.717) is 19.8 Å². The van der Waals surface area contributed by atoms with Crippen LogP contribution in [0.25, 0.3) is 22.4 Å². The molecule has 0 saturated carbocycles. The van der Waals surface area contributed by atoms with Crippen LogP contribution < -0.4 is 9.47 Å². The molecule has 0 fully saturated rings. The first kappa shape index (κ1) is 18.1. The van der Waals surface area contributed by atoms with E-state index in [1.807, 2.05) is 68.4 Å². The van der Waals surface area contributed by atoms with Gasteiger partial charge in [-0.25, -0.2) is 4.98 Å². The fourth-order valence-electron chi connectivity index (χ4n) is 3.48. The first-order valence-electron chi connectivity index (χ1n) is 9.70. The van der Waals surface area contributed by atoms with Crippen LogP contribution in [0.1, 0.15) is 19.4 Å². The maximum absolute atomic E-state index is 5.88. The van der Waals surface area contributed by atoms with E-state index in [-0.39, 0.29) is 0 Å². The summed E-state index contributed by atoms with van der Waals surface area (Å²) >= 11 is 0. The number of hydrogen-bond donors (Lipinski definition) is 0. The molecule has 1 heterocycles. The molecule has 28 heavy (non-hydrogen) atoms. The van der Waals surface area contributed by atoms with Crippen LogP contribution in [0.3, 0.4) is 0 Å². The summed E-state index contributed by atoms with van der Waals surface area (Å²) in [5, 5.41) is 0. The van der Waals surface area contributed by atoms with Crippen molar-refractivity contribution in [3.8, 4) is 22.9 Å². The molecular weight excluding hydrogens is 348 g/mol. The largest absolute Gasteiger partial charge is 0.494 e. The predicted molar refractivity (Wildman–Crippen MR) is 113 cm³/mol. The Hall–Kier alpha value is -3.27. The molecule has 0 atom stereocenters. The fourth-order valence-corrected chi connectivity index (χ4v) is 3.48. The molecule has 0 aliphatic carbocycles. The second-order valence-electron chi connectivity index (χ2n) is 6.48. The minimum Gasteiger partial charge on any atom is -0.494 e. The topological polar surface area (TPSA) is 36.3 Å². The molecule has 0 aliphatic heterocycles. The van der Waals surface area contributed by atoms with E-state index in [0.717, 1.165) is 39.5 Å². The predicted octanol–water partition coefficient (Wildman–Crippen LogP) is 5.55. The quantitative estimate of drug-likeness (QED) is 0.427. The average molecular weight is 372 g/mol. The van der Waals surface area contributed by atoms with Crippen molar-refractivity contribution in [2.75, 3.05) is 13.2 Å². The number of para-hydroxylation sites is 4. The Labute approximate surface area is 165 Å².